The summed E-state index contributed by atoms with van der Waals surface area (Å²) in [7, 11) is 1.39. The van der Waals surface area contributed by atoms with Crippen molar-refractivity contribution in [2.24, 2.45) is 17.8 Å². The number of carboxylic acids is 1. The minimum atomic E-state index is -5.01. The van der Waals surface area contributed by atoms with Crippen molar-refractivity contribution in [3.05, 3.63) is 70.0 Å². The van der Waals surface area contributed by atoms with Crippen LogP contribution in [0, 0.1) is 30.5 Å². The molecule has 2 aromatic carbocycles. The van der Waals surface area contributed by atoms with Crippen molar-refractivity contribution in [2.75, 3.05) is 26.7 Å². The van der Waals surface area contributed by atoms with Crippen molar-refractivity contribution in [3.63, 3.8) is 0 Å². The molecule has 1 amide bonds. The maximum Gasteiger partial charge on any atom is 0.416 e. The van der Waals surface area contributed by atoms with E-state index in [0.717, 1.165) is 37.8 Å². The molecular formula is C33H39F7N2O3. The number of rotatable bonds is 8. The first kappa shape index (κ1) is 34.7. The zero-order valence-corrected chi connectivity index (χ0v) is 25.5. The van der Waals surface area contributed by atoms with Crippen LogP contribution in [0.1, 0.15) is 85.2 Å². The summed E-state index contributed by atoms with van der Waals surface area (Å²) in [5.74, 6) is -2.11. The van der Waals surface area contributed by atoms with Gasteiger partial charge in [-0.3, -0.25) is 9.59 Å². The van der Waals surface area contributed by atoms with Gasteiger partial charge in [-0.2, -0.15) is 26.3 Å². The third kappa shape index (κ3) is 8.56. The van der Waals surface area contributed by atoms with E-state index in [0.29, 0.717) is 43.1 Å². The summed E-state index contributed by atoms with van der Waals surface area (Å²) in [5.41, 5.74) is -1.74. The van der Waals surface area contributed by atoms with Crippen LogP contribution >= 0.6 is 0 Å². The fraction of sp³-hybridized carbons (Fsp3) is 0.576. The van der Waals surface area contributed by atoms with Gasteiger partial charge in [-0.25, -0.2) is 4.39 Å². The summed E-state index contributed by atoms with van der Waals surface area (Å²) in [5, 5.41) is 9.11. The largest absolute Gasteiger partial charge is 0.481 e. The first-order valence-electron chi connectivity index (χ1n) is 15.2. The summed E-state index contributed by atoms with van der Waals surface area (Å²) in [6.07, 6.45) is -5.99. The molecule has 12 heteroatoms. The van der Waals surface area contributed by atoms with Crippen LogP contribution in [0.3, 0.4) is 0 Å². The second kappa shape index (κ2) is 13.7. The number of carboxylic acid groups (broad SMARTS) is 1. The molecule has 2 aliphatic rings. The maximum atomic E-state index is 14.0. The SMILES string of the molecule is Cc1cc(F)ccc1[C@H]1CN(CC2CCC(CC(=O)O)CC2)CC[C@@H]1C(=O)N(C)C(C)c1cc(C(F)(F)F)cc(C(F)(F)F)c1. The monoisotopic (exact) mass is 644 g/mol. The average Bonchev–Trinajstić information content (AvgIpc) is 2.95. The summed E-state index contributed by atoms with van der Waals surface area (Å²) in [6, 6.07) is 4.63. The van der Waals surface area contributed by atoms with E-state index in [1.165, 1.54) is 31.0 Å². The van der Waals surface area contributed by atoms with Crippen LogP contribution in [0.5, 0.6) is 0 Å². The highest BCUT2D eigenvalue weighted by Crippen LogP contribution is 2.41. The number of aryl methyl sites for hydroxylation is 1. The highest BCUT2D eigenvalue weighted by atomic mass is 19.4. The number of piperidine rings is 1. The molecular weight excluding hydrogens is 605 g/mol. The molecule has 0 radical (unpaired) electrons. The van der Waals surface area contributed by atoms with Crippen molar-refractivity contribution < 1.29 is 45.4 Å². The predicted octanol–water partition coefficient (Wildman–Crippen LogP) is 8.08. The number of halogens is 7. The van der Waals surface area contributed by atoms with E-state index in [9.17, 15) is 40.3 Å². The Morgan fingerprint density at radius 2 is 1.51 bits per heavy atom. The quantitative estimate of drug-likeness (QED) is 0.295. The van der Waals surface area contributed by atoms with Gasteiger partial charge in [-0.1, -0.05) is 6.07 Å². The standard InChI is InChI=1S/C33H39F7N2O3/c1-19-12-26(34)8-9-27(19)29-18-42(17-22-6-4-21(5-7-22)13-30(43)44)11-10-28(29)31(45)41(3)20(2)23-14-24(32(35,36)37)16-25(15-23)33(38,39)40/h8-9,12,14-16,20-22,28-29H,4-7,10-11,13,17-18H2,1-3H3,(H,43,44)/t20?,21?,22?,28-,29+/m0/s1. The van der Waals surface area contributed by atoms with Gasteiger partial charge >= 0.3 is 18.3 Å². The van der Waals surface area contributed by atoms with Crippen molar-refractivity contribution in [2.45, 2.75) is 76.7 Å². The Bertz CT molecular complexity index is 1340. The van der Waals surface area contributed by atoms with Crippen LogP contribution in [-0.2, 0) is 21.9 Å². The van der Waals surface area contributed by atoms with Gasteiger partial charge in [0, 0.05) is 38.4 Å². The fourth-order valence-electron chi connectivity index (χ4n) is 6.98. The van der Waals surface area contributed by atoms with Gasteiger partial charge in [-0.15, -0.1) is 0 Å². The Hall–Kier alpha value is -3.15. The van der Waals surface area contributed by atoms with Crippen LogP contribution in [-0.4, -0.2) is 53.5 Å². The molecule has 0 bridgehead atoms. The Balaban J connectivity index is 1.56. The third-order valence-corrected chi connectivity index (χ3v) is 9.61. The van der Waals surface area contributed by atoms with E-state index in [1.54, 1.807) is 13.0 Å². The minimum absolute atomic E-state index is 0.0692. The molecule has 1 N–H and O–H groups in total. The molecule has 4 rings (SSSR count). The Morgan fingerprint density at radius 3 is 2.04 bits per heavy atom. The van der Waals surface area contributed by atoms with E-state index in [2.05, 4.69) is 4.90 Å². The topological polar surface area (TPSA) is 60.9 Å². The normalized spacial score (nSPS) is 23.9. The van der Waals surface area contributed by atoms with Crippen LogP contribution in [0.4, 0.5) is 30.7 Å². The molecule has 1 heterocycles. The molecule has 1 unspecified atom stereocenters. The van der Waals surface area contributed by atoms with Gasteiger partial charge in [0.05, 0.1) is 17.2 Å². The summed E-state index contributed by atoms with van der Waals surface area (Å²) < 4.78 is 95.2. The lowest BCUT2D eigenvalue weighted by atomic mass is 9.76. The van der Waals surface area contributed by atoms with Gasteiger partial charge in [0.1, 0.15) is 5.82 Å². The van der Waals surface area contributed by atoms with Gasteiger partial charge in [0.25, 0.3) is 0 Å². The lowest BCUT2D eigenvalue weighted by molar-refractivity contribution is -0.143. The second-order valence-electron chi connectivity index (χ2n) is 12.7. The van der Waals surface area contributed by atoms with E-state index in [-0.39, 0.29) is 29.9 Å². The first-order valence-corrected chi connectivity index (χ1v) is 15.2. The van der Waals surface area contributed by atoms with Crippen molar-refractivity contribution in [3.8, 4) is 0 Å². The zero-order valence-electron chi connectivity index (χ0n) is 25.5. The molecule has 3 atom stereocenters. The van der Waals surface area contributed by atoms with Gasteiger partial charge < -0.3 is 14.9 Å². The molecule has 5 nitrogen and oxygen atoms in total. The molecule has 248 valence electrons. The number of benzene rings is 2. The first-order chi connectivity index (χ1) is 20.9. The smallest absolute Gasteiger partial charge is 0.416 e. The Morgan fingerprint density at radius 1 is 0.933 bits per heavy atom. The van der Waals surface area contributed by atoms with Crippen LogP contribution in [0.25, 0.3) is 0 Å². The average molecular weight is 645 g/mol. The van der Waals surface area contributed by atoms with Crippen LogP contribution < -0.4 is 0 Å². The van der Waals surface area contributed by atoms with E-state index in [4.69, 9.17) is 5.11 Å². The van der Waals surface area contributed by atoms with Crippen LogP contribution in [0.15, 0.2) is 36.4 Å². The molecule has 1 saturated carbocycles. The van der Waals surface area contributed by atoms with E-state index < -0.39 is 53.1 Å². The number of likely N-dealkylation sites (tertiary alicyclic amines) is 1. The molecule has 0 aromatic heterocycles. The number of hydrogen-bond donors (Lipinski definition) is 1. The summed E-state index contributed by atoms with van der Waals surface area (Å²) in [6.45, 7) is 4.94. The Labute approximate surface area is 258 Å². The number of carbonyl (C=O) groups excluding carboxylic acids is 1. The molecule has 0 spiro atoms. The van der Waals surface area contributed by atoms with Crippen molar-refractivity contribution in [1.29, 1.82) is 0 Å². The number of alkyl halides is 6. The van der Waals surface area contributed by atoms with Gasteiger partial charge in [0.15, 0.2) is 0 Å². The maximum absolute atomic E-state index is 14.0. The number of carbonyl (C=O) groups is 2. The summed E-state index contributed by atoms with van der Waals surface area (Å²) in [4.78, 5) is 28.6. The van der Waals surface area contributed by atoms with E-state index >= 15 is 0 Å². The third-order valence-electron chi connectivity index (χ3n) is 9.61. The number of nitrogens with zero attached hydrogens (tertiary/aromatic N) is 2. The predicted molar refractivity (Wildman–Crippen MR) is 154 cm³/mol. The highest BCUT2D eigenvalue weighted by Gasteiger charge is 2.41. The van der Waals surface area contributed by atoms with Gasteiger partial charge in [-0.05, 0) is 111 Å². The number of aliphatic carboxylic acids is 1. The lowest BCUT2D eigenvalue weighted by Crippen LogP contribution is -2.47. The molecule has 45 heavy (non-hydrogen) atoms. The Kier molecular flexibility index (Phi) is 10.6. The molecule has 1 saturated heterocycles. The number of hydrogen-bond acceptors (Lipinski definition) is 3. The zero-order chi connectivity index (χ0) is 33.3. The van der Waals surface area contributed by atoms with E-state index in [1.807, 2.05) is 0 Å². The molecule has 1 aliphatic heterocycles. The summed E-state index contributed by atoms with van der Waals surface area (Å²) >= 11 is 0. The van der Waals surface area contributed by atoms with Crippen molar-refractivity contribution >= 4 is 11.9 Å². The second-order valence-corrected chi connectivity index (χ2v) is 12.7. The molecule has 1 aliphatic carbocycles. The minimum Gasteiger partial charge on any atom is -0.481 e. The highest BCUT2D eigenvalue weighted by molar-refractivity contribution is 5.80. The molecule has 2 aromatic rings. The molecule has 2 fully saturated rings. The van der Waals surface area contributed by atoms with Crippen molar-refractivity contribution in [1.82, 2.24) is 9.80 Å². The van der Waals surface area contributed by atoms with Crippen LogP contribution in [0.2, 0.25) is 0 Å². The van der Waals surface area contributed by atoms with Gasteiger partial charge in [0.2, 0.25) is 5.91 Å². The fourth-order valence-corrected chi connectivity index (χ4v) is 6.98. The number of amides is 1. The lowest BCUT2D eigenvalue weighted by Gasteiger charge is -2.42.